The van der Waals surface area contributed by atoms with E-state index < -0.39 is 37.8 Å². The van der Waals surface area contributed by atoms with Crippen LogP contribution >= 0.6 is 23.2 Å². The molecule has 1 atom stereocenters. The Morgan fingerprint density at radius 1 is 1.10 bits per heavy atom. The normalized spacial score (nSPS) is 13.1. The van der Waals surface area contributed by atoms with Gasteiger partial charge in [0.15, 0.2) is 5.82 Å². The molecular weight excluding hydrogens is 484 g/mol. The Morgan fingerprint density at radius 2 is 1.74 bits per heavy atom. The molecule has 1 amide bonds. The number of aromatic nitrogens is 5. The summed E-state index contributed by atoms with van der Waals surface area (Å²) in [6, 6.07) is 1.41. The second kappa shape index (κ2) is 8.40. The first kappa shape index (κ1) is 22.9. The molecule has 164 valence electrons. The number of benzene rings is 1. The Kier molecular flexibility index (Phi) is 6.21. The average molecular weight is 495 g/mol. The molecule has 2 aromatic heterocycles. The summed E-state index contributed by atoms with van der Waals surface area (Å²) >= 11 is 11.5. The minimum Gasteiger partial charge on any atom is -0.342 e. The summed E-state index contributed by atoms with van der Waals surface area (Å²) in [5.41, 5.74) is -5.94. The number of amides is 1. The van der Waals surface area contributed by atoms with Crippen molar-refractivity contribution < 1.29 is 26.4 Å². The highest BCUT2D eigenvalue weighted by atomic mass is 35.5. The van der Waals surface area contributed by atoms with Gasteiger partial charge in [-0.05, 0) is 25.1 Å². The van der Waals surface area contributed by atoms with Crippen molar-refractivity contribution in [3.8, 4) is 5.95 Å². The molecule has 0 unspecified atom stereocenters. The van der Waals surface area contributed by atoms with Gasteiger partial charge in [-0.2, -0.15) is 23.0 Å². The number of halogens is 5. The van der Waals surface area contributed by atoms with Crippen molar-refractivity contribution in [1.82, 2.24) is 30.0 Å². The van der Waals surface area contributed by atoms with Crippen LogP contribution in [-0.2, 0) is 9.84 Å². The number of alkyl halides is 3. The van der Waals surface area contributed by atoms with Gasteiger partial charge in [-0.3, -0.25) is 4.79 Å². The van der Waals surface area contributed by atoms with E-state index in [0.29, 0.717) is 12.1 Å². The second-order valence-electron chi connectivity index (χ2n) is 6.05. The van der Waals surface area contributed by atoms with Crippen LogP contribution < -0.4 is 5.32 Å². The molecule has 0 bridgehead atoms. The Labute approximate surface area is 183 Å². The number of hydrogen-bond donors (Lipinski definition) is 1. The monoisotopic (exact) mass is 494 g/mol. The molecule has 0 aliphatic carbocycles. The van der Waals surface area contributed by atoms with Gasteiger partial charge in [0.25, 0.3) is 21.7 Å². The molecule has 1 aromatic carbocycles. The lowest BCUT2D eigenvalue weighted by atomic mass is 10.2. The van der Waals surface area contributed by atoms with E-state index in [1.807, 2.05) is 0 Å². The maximum atomic E-state index is 12.8. The minimum absolute atomic E-state index is 0.110. The number of hydrogen-bond acceptors (Lipinski definition) is 7. The van der Waals surface area contributed by atoms with Crippen LogP contribution in [0.15, 0.2) is 41.8 Å². The summed E-state index contributed by atoms with van der Waals surface area (Å²) in [6.07, 6.45) is 3.84. The first-order chi connectivity index (χ1) is 14.4. The topological polar surface area (TPSA) is 120 Å². The van der Waals surface area contributed by atoms with E-state index in [1.165, 1.54) is 30.3 Å². The van der Waals surface area contributed by atoms with Crippen LogP contribution in [-0.4, -0.2) is 44.6 Å². The highest BCUT2D eigenvalue weighted by Crippen LogP contribution is 2.32. The zero-order valence-electron chi connectivity index (χ0n) is 15.3. The lowest BCUT2D eigenvalue weighted by molar-refractivity contribution is -0.0436. The van der Waals surface area contributed by atoms with E-state index in [-0.39, 0.29) is 21.8 Å². The summed E-state index contributed by atoms with van der Waals surface area (Å²) < 4.78 is 63.1. The van der Waals surface area contributed by atoms with Crippen molar-refractivity contribution in [2.24, 2.45) is 0 Å². The van der Waals surface area contributed by atoms with Crippen molar-refractivity contribution >= 4 is 38.9 Å². The third kappa shape index (κ3) is 4.78. The standard InChI is InChI=1S/C16H11Cl2F3N6O3S/c1-8(13-24-7-25-27(13)15-22-5-11(18)6-23-15)26-14(28)9-2-10(17)4-12(3-9)31(29,30)16(19,20)21/h2-8H,1H3,(H,26,28)/t8-/m1/s1. The van der Waals surface area contributed by atoms with E-state index >= 15 is 0 Å². The smallest absolute Gasteiger partial charge is 0.342 e. The van der Waals surface area contributed by atoms with Gasteiger partial charge >= 0.3 is 5.51 Å². The molecule has 15 heteroatoms. The molecular formula is C16H11Cl2F3N6O3S. The van der Waals surface area contributed by atoms with Gasteiger partial charge in [0.1, 0.15) is 6.33 Å². The average Bonchev–Trinajstić information content (AvgIpc) is 3.17. The Hall–Kier alpha value is -2.77. The van der Waals surface area contributed by atoms with Crippen molar-refractivity contribution in [3.63, 3.8) is 0 Å². The molecule has 0 fully saturated rings. The van der Waals surface area contributed by atoms with E-state index in [2.05, 4.69) is 25.4 Å². The highest BCUT2D eigenvalue weighted by Gasteiger charge is 2.47. The van der Waals surface area contributed by atoms with E-state index in [1.54, 1.807) is 0 Å². The molecule has 0 aliphatic heterocycles. The number of sulfone groups is 1. The fourth-order valence-corrected chi connectivity index (χ4v) is 3.67. The highest BCUT2D eigenvalue weighted by molar-refractivity contribution is 7.92. The van der Waals surface area contributed by atoms with Crippen LogP contribution in [0.5, 0.6) is 0 Å². The molecule has 0 saturated heterocycles. The summed E-state index contributed by atoms with van der Waals surface area (Å²) in [5, 5.41) is 6.38. The number of carbonyl (C=O) groups excluding carboxylic acids is 1. The maximum absolute atomic E-state index is 12.8. The van der Waals surface area contributed by atoms with E-state index in [0.717, 1.165) is 6.07 Å². The quantitative estimate of drug-likeness (QED) is 0.578. The predicted molar refractivity (Wildman–Crippen MR) is 103 cm³/mol. The maximum Gasteiger partial charge on any atom is 0.501 e. The zero-order valence-corrected chi connectivity index (χ0v) is 17.6. The molecule has 0 radical (unpaired) electrons. The van der Waals surface area contributed by atoms with Gasteiger partial charge in [0.2, 0.25) is 0 Å². The zero-order chi connectivity index (χ0) is 23.0. The van der Waals surface area contributed by atoms with Gasteiger partial charge in [-0.15, -0.1) is 0 Å². The van der Waals surface area contributed by atoms with Crippen molar-refractivity contribution in [1.29, 1.82) is 0 Å². The van der Waals surface area contributed by atoms with Gasteiger partial charge in [-0.25, -0.2) is 23.4 Å². The lowest BCUT2D eigenvalue weighted by Crippen LogP contribution is -2.29. The predicted octanol–water partition coefficient (Wildman–Crippen LogP) is 3.15. The fourth-order valence-electron chi connectivity index (χ4n) is 2.44. The molecule has 0 spiro atoms. The lowest BCUT2D eigenvalue weighted by Gasteiger charge is -2.15. The van der Waals surface area contributed by atoms with Crippen LogP contribution in [0.3, 0.4) is 0 Å². The Morgan fingerprint density at radius 3 is 2.35 bits per heavy atom. The van der Waals surface area contributed by atoms with Crippen molar-refractivity contribution in [2.45, 2.75) is 23.4 Å². The fraction of sp³-hybridized carbons (Fsp3) is 0.188. The number of nitrogens with zero attached hydrogens (tertiary/aromatic N) is 5. The summed E-state index contributed by atoms with van der Waals surface area (Å²) in [7, 11) is -5.69. The molecule has 3 rings (SSSR count). The summed E-state index contributed by atoms with van der Waals surface area (Å²) in [5.74, 6) is -0.583. The number of nitrogens with one attached hydrogen (secondary N) is 1. The van der Waals surface area contributed by atoms with Gasteiger partial charge in [0, 0.05) is 10.6 Å². The van der Waals surface area contributed by atoms with Crippen LogP contribution in [0.25, 0.3) is 5.95 Å². The van der Waals surface area contributed by atoms with Crippen LogP contribution in [0, 0.1) is 0 Å². The number of carbonyl (C=O) groups is 1. The number of rotatable bonds is 5. The minimum atomic E-state index is -5.69. The van der Waals surface area contributed by atoms with Crippen molar-refractivity contribution in [3.05, 3.63) is 58.4 Å². The molecule has 0 saturated carbocycles. The second-order valence-corrected chi connectivity index (χ2v) is 8.87. The van der Waals surface area contributed by atoms with E-state index in [4.69, 9.17) is 23.2 Å². The van der Waals surface area contributed by atoms with Gasteiger partial charge in [-0.1, -0.05) is 23.2 Å². The third-order valence-electron chi connectivity index (χ3n) is 3.85. The molecule has 9 nitrogen and oxygen atoms in total. The molecule has 0 aliphatic rings. The van der Waals surface area contributed by atoms with Crippen LogP contribution in [0.2, 0.25) is 10.0 Å². The summed E-state index contributed by atoms with van der Waals surface area (Å²) in [6.45, 7) is 1.52. The van der Waals surface area contributed by atoms with Crippen LogP contribution in [0.4, 0.5) is 13.2 Å². The van der Waals surface area contributed by atoms with E-state index in [9.17, 15) is 26.4 Å². The van der Waals surface area contributed by atoms with Gasteiger partial charge < -0.3 is 5.32 Å². The SMILES string of the molecule is C[C@@H](NC(=O)c1cc(Cl)cc(S(=O)(=O)C(F)(F)F)c1)c1ncnn1-c1ncc(Cl)cn1. The third-order valence-corrected chi connectivity index (χ3v) is 5.73. The first-order valence-electron chi connectivity index (χ1n) is 8.21. The van der Waals surface area contributed by atoms with Crippen LogP contribution in [0.1, 0.15) is 29.1 Å². The first-order valence-corrected chi connectivity index (χ1v) is 10.4. The van der Waals surface area contributed by atoms with Gasteiger partial charge in [0.05, 0.1) is 28.4 Å². The largest absolute Gasteiger partial charge is 0.501 e. The molecule has 2 heterocycles. The molecule has 3 aromatic rings. The Bertz CT molecular complexity index is 1230. The molecule has 1 N–H and O–H groups in total. The Balaban J connectivity index is 1.88. The summed E-state index contributed by atoms with van der Waals surface area (Å²) in [4.78, 5) is 23.4. The van der Waals surface area contributed by atoms with Crippen molar-refractivity contribution in [2.75, 3.05) is 0 Å². The molecule has 31 heavy (non-hydrogen) atoms.